The molecule has 0 fully saturated rings. The second-order valence-electron chi connectivity index (χ2n) is 6.31. The average Bonchev–Trinajstić information content (AvgIpc) is 2.94. The van der Waals surface area contributed by atoms with Gasteiger partial charge < -0.3 is 5.32 Å². The summed E-state index contributed by atoms with van der Waals surface area (Å²) in [5, 5.41) is 2.72. The van der Waals surface area contributed by atoms with Crippen LogP contribution >= 0.6 is 0 Å². The lowest BCUT2D eigenvalue weighted by molar-refractivity contribution is -0.115. The predicted octanol–water partition coefficient (Wildman–Crippen LogP) is 2.54. The fourth-order valence-electron chi connectivity index (χ4n) is 3.50. The monoisotopic (exact) mass is 342 g/mol. The second-order valence-corrected chi connectivity index (χ2v) is 8.02. The van der Waals surface area contributed by atoms with Crippen molar-refractivity contribution in [3.63, 3.8) is 0 Å². The molecule has 2 N–H and O–H groups in total. The van der Waals surface area contributed by atoms with Gasteiger partial charge in [-0.05, 0) is 54.2 Å². The van der Waals surface area contributed by atoms with Crippen LogP contribution in [0.1, 0.15) is 35.6 Å². The highest BCUT2D eigenvalue weighted by Crippen LogP contribution is 2.32. The SMILES string of the molecule is O=C1Cc2cc(S(=O)(=O)NC3CCCc4ccccc43)ccc2N1. The zero-order valence-electron chi connectivity index (χ0n) is 13.1. The Bertz CT molecular complexity index is 922. The van der Waals surface area contributed by atoms with Gasteiger partial charge >= 0.3 is 0 Å². The van der Waals surface area contributed by atoms with E-state index < -0.39 is 10.0 Å². The summed E-state index contributed by atoms with van der Waals surface area (Å²) >= 11 is 0. The quantitative estimate of drug-likeness (QED) is 0.900. The van der Waals surface area contributed by atoms with Gasteiger partial charge in [0.1, 0.15) is 0 Å². The van der Waals surface area contributed by atoms with Crippen LogP contribution in [0.4, 0.5) is 5.69 Å². The Morgan fingerprint density at radius 3 is 2.79 bits per heavy atom. The van der Waals surface area contributed by atoms with E-state index in [4.69, 9.17) is 0 Å². The van der Waals surface area contributed by atoms with E-state index in [1.54, 1.807) is 18.2 Å². The molecule has 4 rings (SSSR count). The highest BCUT2D eigenvalue weighted by Gasteiger charge is 2.27. The molecule has 2 aliphatic rings. The summed E-state index contributed by atoms with van der Waals surface area (Å²) in [4.78, 5) is 11.6. The third-order valence-electron chi connectivity index (χ3n) is 4.68. The van der Waals surface area contributed by atoms with Crippen molar-refractivity contribution < 1.29 is 13.2 Å². The minimum Gasteiger partial charge on any atom is -0.326 e. The van der Waals surface area contributed by atoms with Crippen LogP contribution in [0.3, 0.4) is 0 Å². The van der Waals surface area contributed by atoms with E-state index in [0.717, 1.165) is 30.4 Å². The van der Waals surface area contributed by atoms with E-state index in [9.17, 15) is 13.2 Å². The number of nitrogens with one attached hydrogen (secondary N) is 2. The van der Waals surface area contributed by atoms with Crippen LogP contribution in [0.2, 0.25) is 0 Å². The van der Waals surface area contributed by atoms with Gasteiger partial charge in [-0.2, -0.15) is 0 Å². The van der Waals surface area contributed by atoms with Crippen LogP contribution in [-0.4, -0.2) is 14.3 Å². The summed E-state index contributed by atoms with van der Waals surface area (Å²) in [5.74, 6) is -0.103. The summed E-state index contributed by atoms with van der Waals surface area (Å²) in [6, 6.07) is 12.6. The smallest absolute Gasteiger partial charge is 0.241 e. The number of benzene rings is 2. The second kappa shape index (κ2) is 5.72. The van der Waals surface area contributed by atoms with Gasteiger partial charge in [-0.25, -0.2) is 13.1 Å². The molecule has 24 heavy (non-hydrogen) atoms. The lowest BCUT2D eigenvalue weighted by Crippen LogP contribution is -2.31. The number of hydrogen-bond donors (Lipinski definition) is 2. The van der Waals surface area contributed by atoms with E-state index in [-0.39, 0.29) is 23.3 Å². The molecule has 0 spiro atoms. The fraction of sp³-hybridized carbons (Fsp3) is 0.278. The van der Waals surface area contributed by atoms with Gasteiger partial charge in [0.25, 0.3) is 0 Å². The van der Waals surface area contributed by atoms with Crippen molar-refractivity contribution in [2.24, 2.45) is 0 Å². The first kappa shape index (κ1) is 15.4. The van der Waals surface area contributed by atoms with Crippen LogP contribution in [0.25, 0.3) is 0 Å². The molecule has 1 heterocycles. The molecule has 0 aromatic heterocycles. The molecule has 1 aliphatic carbocycles. The molecule has 1 aliphatic heterocycles. The van der Waals surface area contributed by atoms with Crippen molar-refractivity contribution >= 4 is 21.6 Å². The number of amides is 1. The molecule has 5 nitrogen and oxygen atoms in total. The van der Waals surface area contributed by atoms with Crippen molar-refractivity contribution in [3.8, 4) is 0 Å². The van der Waals surface area contributed by atoms with E-state index in [1.807, 2.05) is 18.2 Å². The van der Waals surface area contributed by atoms with Crippen molar-refractivity contribution in [1.29, 1.82) is 0 Å². The molecule has 2 aromatic carbocycles. The Morgan fingerprint density at radius 1 is 1.08 bits per heavy atom. The van der Waals surface area contributed by atoms with Crippen molar-refractivity contribution in [2.75, 3.05) is 5.32 Å². The maximum atomic E-state index is 12.8. The Kier molecular flexibility index (Phi) is 3.66. The first-order valence-corrected chi connectivity index (χ1v) is 9.54. The first-order valence-electron chi connectivity index (χ1n) is 8.06. The van der Waals surface area contributed by atoms with Gasteiger partial charge in [-0.3, -0.25) is 4.79 Å². The summed E-state index contributed by atoms with van der Waals surface area (Å²) in [7, 11) is -3.63. The first-order chi connectivity index (χ1) is 11.5. The Labute approximate surface area is 141 Å². The number of sulfonamides is 1. The molecule has 124 valence electrons. The summed E-state index contributed by atoms with van der Waals surface area (Å²) < 4.78 is 28.4. The van der Waals surface area contributed by atoms with Gasteiger partial charge in [0.05, 0.1) is 11.3 Å². The molecule has 1 unspecified atom stereocenters. The third kappa shape index (κ3) is 2.72. The van der Waals surface area contributed by atoms with Gasteiger partial charge in [-0.15, -0.1) is 0 Å². The van der Waals surface area contributed by atoms with Crippen LogP contribution in [0.15, 0.2) is 47.4 Å². The summed E-state index contributed by atoms with van der Waals surface area (Å²) in [6.45, 7) is 0. The molecule has 6 heteroatoms. The van der Waals surface area contributed by atoms with Gasteiger partial charge in [0.15, 0.2) is 0 Å². The molecule has 2 aromatic rings. The van der Waals surface area contributed by atoms with E-state index >= 15 is 0 Å². The maximum absolute atomic E-state index is 12.8. The number of carbonyl (C=O) groups is 1. The minimum atomic E-state index is -3.63. The predicted molar refractivity (Wildman–Crippen MR) is 91.2 cm³/mol. The van der Waals surface area contributed by atoms with Crippen LogP contribution in [0.5, 0.6) is 0 Å². The minimum absolute atomic E-state index is 0.103. The van der Waals surface area contributed by atoms with Gasteiger partial charge in [-0.1, -0.05) is 24.3 Å². The highest BCUT2D eigenvalue weighted by atomic mass is 32.2. The van der Waals surface area contributed by atoms with E-state index in [1.165, 1.54) is 5.56 Å². The van der Waals surface area contributed by atoms with Crippen LogP contribution in [-0.2, 0) is 27.7 Å². The number of anilines is 1. The van der Waals surface area contributed by atoms with Gasteiger partial charge in [0.2, 0.25) is 15.9 Å². The number of fused-ring (bicyclic) bond motifs is 2. The maximum Gasteiger partial charge on any atom is 0.241 e. The lowest BCUT2D eigenvalue weighted by atomic mass is 9.88. The Morgan fingerprint density at radius 2 is 1.92 bits per heavy atom. The molecular formula is C18H18N2O3S. The summed E-state index contributed by atoms with van der Waals surface area (Å²) in [6.07, 6.45) is 2.97. The standard InChI is InChI=1S/C18H18N2O3S/c21-18-11-13-10-14(8-9-16(13)19-18)24(22,23)20-17-7-3-5-12-4-1-2-6-15(12)17/h1-2,4,6,8-10,17,20H,3,5,7,11H2,(H,19,21). The molecule has 1 amide bonds. The molecule has 0 bridgehead atoms. The molecule has 0 saturated carbocycles. The van der Waals surface area contributed by atoms with Crippen LogP contribution in [0, 0.1) is 0 Å². The highest BCUT2D eigenvalue weighted by molar-refractivity contribution is 7.89. The number of carbonyl (C=O) groups excluding carboxylic acids is 1. The third-order valence-corrected chi connectivity index (χ3v) is 6.15. The summed E-state index contributed by atoms with van der Waals surface area (Å²) in [5.41, 5.74) is 3.69. The van der Waals surface area contributed by atoms with Crippen LogP contribution < -0.4 is 10.0 Å². The average molecular weight is 342 g/mol. The van der Waals surface area contributed by atoms with E-state index in [2.05, 4.69) is 16.1 Å². The van der Waals surface area contributed by atoms with Gasteiger partial charge in [0, 0.05) is 11.7 Å². The fourth-order valence-corrected chi connectivity index (χ4v) is 4.80. The molecule has 1 atom stereocenters. The van der Waals surface area contributed by atoms with Crippen molar-refractivity contribution in [1.82, 2.24) is 4.72 Å². The molecule has 0 radical (unpaired) electrons. The van der Waals surface area contributed by atoms with Crippen molar-refractivity contribution in [3.05, 3.63) is 59.2 Å². The Balaban J connectivity index is 1.63. The van der Waals surface area contributed by atoms with Crippen molar-refractivity contribution in [2.45, 2.75) is 36.6 Å². The number of aryl methyl sites for hydroxylation is 1. The zero-order chi connectivity index (χ0) is 16.7. The molecular weight excluding hydrogens is 324 g/mol. The number of rotatable bonds is 3. The molecule has 0 saturated heterocycles. The lowest BCUT2D eigenvalue weighted by Gasteiger charge is -2.26. The van der Waals surface area contributed by atoms with E-state index in [0.29, 0.717) is 5.69 Å². The normalized spacial score (nSPS) is 19.5. The zero-order valence-corrected chi connectivity index (χ0v) is 13.9. The topological polar surface area (TPSA) is 75.3 Å². The Hall–Kier alpha value is -2.18. The largest absolute Gasteiger partial charge is 0.326 e. The number of hydrogen-bond acceptors (Lipinski definition) is 3.